The van der Waals surface area contributed by atoms with Crippen molar-refractivity contribution in [3.8, 4) is 0 Å². The van der Waals surface area contributed by atoms with Crippen molar-refractivity contribution in [1.29, 1.82) is 0 Å². The van der Waals surface area contributed by atoms with Crippen molar-refractivity contribution in [2.75, 3.05) is 37.6 Å². The quantitative estimate of drug-likeness (QED) is 0.787. The smallest absolute Gasteiger partial charge is 0.0412 e. The zero-order valence-electron chi connectivity index (χ0n) is 14.7. The van der Waals surface area contributed by atoms with Crippen LogP contribution in [-0.2, 0) is 13.1 Å². The van der Waals surface area contributed by atoms with E-state index in [2.05, 4.69) is 76.6 Å². The number of nitrogens with one attached hydrogen (secondary N) is 1. The molecule has 3 rings (SSSR count). The molecule has 1 heterocycles. The normalized spacial score (nSPS) is 15.6. The minimum Gasteiger partial charge on any atom is -0.369 e. The van der Waals surface area contributed by atoms with Gasteiger partial charge in [0.1, 0.15) is 0 Å². The van der Waals surface area contributed by atoms with E-state index in [1.54, 1.807) is 0 Å². The van der Waals surface area contributed by atoms with Gasteiger partial charge in [-0.05, 0) is 30.2 Å². The van der Waals surface area contributed by atoms with Crippen LogP contribution in [0.1, 0.15) is 24.5 Å². The summed E-state index contributed by atoms with van der Waals surface area (Å²) in [5.74, 6) is 0. The molecule has 0 aromatic heterocycles. The van der Waals surface area contributed by atoms with Gasteiger partial charge in [-0.25, -0.2) is 0 Å². The van der Waals surface area contributed by atoms with Crippen LogP contribution in [-0.4, -0.2) is 37.6 Å². The third-order valence-electron chi connectivity index (χ3n) is 4.70. The van der Waals surface area contributed by atoms with Crippen LogP contribution in [0.3, 0.4) is 0 Å². The van der Waals surface area contributed by atoms with E-state index in [9.17, 15) is 0 Å². The van der Waals surface area contributed by atoms with Crippen molar-refractivity contribution in [2.24, 2.45) is 0 Å². The average molecular weight is 323 g/mol. The lowest BCUT2D eigenvalue weighted by Gasteiger charge is -2.37. The van der Waals surface area contributed by atoms with E-state index in [1.807, 2.05) is 0 Å². The number of piperazine rings is 1. The summed E-state index contributed by atoms with van der Waals surface area (Å²) in [6, 6.07) is 19.6. The second kappa shape index (κ2) is 8.86. The topological polar surface area (TPSA) is 18.5 Å². The Morgan fingerprint density at radius 1 is 0.875 bits per heavy atom. The van der Waals surface area contributed by atoms with Gasteiger partial charge in [0.05, 0.1) is 0 Å². The predicted molar refractivity (Wildman–Crippen MR) is 102 cm³/mol. The molecule has 0 radical (unpaired) electrons. The van der Waals surface area contributed by atoms with E-state index in [0.717, 1.165) is 45.8 Å². The molecule has 0 aliphatic carbocycles. The average Bonchev–Trinajstić information content (AvgIpc) is 2.64. The van der Waals surface area contributed by atoms with E-state index in [-0.39, 0.29) is 0 Å². The van der Waals surface area contributed by atoms with Gasteiger partial charge in [-0.1, -0.05) is 55.5 Å². The Morgan fingerprint density at radius 2 is 1.58 bits per heavy atom. The van der Waals surface area contributed by atoms with E-state index in [4.69, 9.17) is 0 Å². The molecule has 3 heteroatoms. The van der Waals surface area contributed by atoms with Crippen LogP contribution in [0.4, 0.5) is 5.69 Å². The highest BCUT2D eigenvalue weighted by atomic mass is 15.3. The lowest BCUT2D eigenvalue weighted by molar-refractivity contribution is 0.249. The monoisotopic (exact) mass is 323 g/mol. The highest BCUT2D eigenvalue weighted by Crippen LogP contribution is 2.22. The number of para-hydroxylation sites is 1. The molecule has 0 atom stereocenters. The van der Waals surface area contributed by atoms with E-state index < -0.39 is 0 Å². The number of benzene rings is 2. The fraction of sp³-hybridized carbons (Fsp3) is 0.429. The van der Waals surface area contributed by atoms with Crippen molar-refractivity contribution in [3.05, 3.63) is 65.7 Å². The van der Waals surface area contributed by atoms with Crippen LogP contribution in [0.2, 0.25) is 0 Å². The molecular weight excluding hydrogens is 294 g/mol. The van der Waals surface area contributed by atoms with Gasteiger partial charge in [0, 0.05) is 45.0 Å². The second-order valence-corrected chi connectivity index (χ2v) is 6.55. The van der Waals surface area contributed by atoms with Crippen LogP contribution in [0, 0.1) is 0 Å². The first-order chi connectivity index (χ1) is 11.9. The minimum absolute atomic E-state index is 0.967. The standard InChI is InChI=1S/C21H29N3/c1-2-12-22-17-20-10-6-7-11-21(20)24-15-13-23(14-16-24)18-19-8-4-3-5-9-19/h3-11,22H,2,12-18H2,1H3. The van der Waals surface area contributed by atoms with Crippen LogP contribution >= 0.6 is 0 Å². The summed E-state index contributed by atoms with van der Waals surface area (Å²) in [7, 11) is 0. The third kappa shape index (κ3) is 4.59. The van der Waals surface area contributed by atoms with Gasteiger partial charge in [-0.15, -0.1) is 0 Å². The maximum absolute atomic E-state index is 3.54. The van der Waals surface area contributed by atoms with E-state index >= 15 is 0 Å². The van der Waals surface area contributed by atoms with Crippen LogP contribution in [0.25, 0.3) is 0 Å². The zero-order valence-corrected chi connectivity index (χ0v) is 14.7. The third-order valence-corrected chi connectivity index (χ3v) is 4.70. The maximum atomic E-state index is 3.54. The first-order valence-corrected chi connectivity index (χ1v) is 9.16. The number of rotatable bonds is 7. The molecule has 128 valence electrons. The van der Waals surface area contributed by atoms with Gasteiger partial charge in [0.15, 0.2) is 0 Å². The second-order valence-electron chi connectivity index (χ2n) is 6.55. The minimum atomic E-state index is 0.967. The summed E-state index contributed by atoms with van der Waals surface area (Å²) >= 11 is 0. The Bertz CT molecular complexity index is 603. The maximum Gasteiger partial charge on any atom is 0.0412 e. The molecule has 1 N–H and O–H groups in total. The molecule has 2 aromatic carbocycles. The Balaban J connectivity index is 1.56. The molecule has 1 aliphatic rings. The predicted octanol–water partition coefficient (Wildman–Crippen LogP) is 3.51. The van der Waals surface area contributed by atoms with E-state index in [1.165, 1.54) is 23.2 Å². The Labute approximate surface area is 146 Å². The molecule has 1 aliphatic heterocycles. The molecule has 0 unspecified atom stereocenters. The number of hydrogen-bond acceptors (Lipinski definition) is 3. The molecule has 0 saturated carbocycles. The van der Waals surface area contributed by atoms with Gasteiger partial charge >= 0.3 is 0 Å². The van der Waals surface area contributed by atoms with Crippen LogP contribution in [0.5, 0.6) is 0 Å². The molecule has 24 heavy (non-hydrogen) atoms. The largest absolute Gasteiger partial charge is 0.369 e. The molecule has 0 bridgehead atoms. The summed E-state index contributed by atoms with van der Waals surface area (Å²) in [6.07, 6.45) is 1.18. The van der Waals surface area contributed by atoms with Gasteiger partial charge in [-0.3, -0.25) is 4.90 Å². The first-order valence-electron chi connectivity index (χ1n) is 9.16. The number of hydrogen-bond donors (Lipinski definition) is 1. The fourth-order valence-electron chi connectivity index (χ4n) is 3.36. The van der Waals surface area contributed by atoms with Crippen LogP contribution < -0.4 is 10.2 Å². The van der Waals surface area contributed by atoms with Gasteiger partial charge in [0.25, 0.3) is 0 Å². The summed E-state index contributed by atoms with van der Waals surface area (Å²) in [6.45, 7) is 9.80. The molecule has 1 fully saturated rings. The number of anilines is 1. The molecule has 0 amide bonds. The first kappa shape index (κ1) is 17.0. The summed E-state index contributed by atoms with van der Waals surface area (Å²) in [5.41, 5.74) is 4.23. The van der Waals surface area contributed by atoms with Crippen molar-refractivity contribution in [1.82, 2.24) is 10.2 Å². The summed E-state index contributed by atoms with van der Waals surface area (Å²) in [5, 5.41) is 3.54. The Kier molecular flexibility index (Phi) is 6.27. The zero-order chi connectivity index (χ0) is 16.6. The molecule has 1 saturated heterocycles. The van der Waals surface area contributed by atoms with Crippen molar-refractivity contribution < 1.29 is 0 Å². The fourth-order valence-corrected chi connectivity index (χ4v) is 3.36. The SMILES string of the molecule is CCCNCc1ccccc1N1CCN(Cc2ccccc2)CC1. The van der Waals surface area contributed by atoms with Crippen molar-refractivity contribution in [3.63, 3.8) is 0 Å². The highest BCUT2D eigenvalue weighted by molar-refractivity contribution is 5.54. The Hall–Kier alpha value is -1.84. The molecule has 2 aromatic rings. The van der Waals surface area contributed by atoms with Crippen LogP contribution in [0.15, 0.2) is 54.6 Å². The highest BCUT2D eigenvalue weighted by Gasteiger charge is 2.18. The van der Waals surface area contributed by atoms with E-state index in [0.29, 0.717) is 0 Å². The van der Waals surface area contributed by atoms with Gasteiger partial charge < -0.3 is 10.2 Å². The lowest BCUT2D eigenvalue weighted by atomic mass is 10.1. The van der Waals surface area contributed by atoms with Crippen molar-refractivity contribution >= 4 is 5.69 Å². The summed E-state index contributed by atoms with van der Waals surface area (Å²) in [4.78, 5) is 5.11. The molecule has 3 nitrogen and oxygen atoms in total. The Morgan fingerprint density at radius 3 is 2.33 bits per heavy atom. The van der Waals surface area contributed by atoms with Gasteiger partial charge in [0.2, 0.25) is 0 Å². The lowest BCUT2D eigenvalue weighted by Crippen LogP contribution is -2.46. The van der Waals surface area contributed by atoms with Gasteiger partial charge in [-0.2, -0.15) is 0 Å². The van der Waals surface area contributed by atoms with Crippen molar-refractivity contribution in [2.45, 2.75) is 26.4 Å². The molecule has 0 spiro atoms. The molecular formula is C21H29N3. The summed E-state index contributed by atoms with van der Waals surface area (Å²) < 4.78 is 0. The number of nitrogens with zero attached hydrogens (tertiary/aromatic N) is 2.